The Morgan fingerprint density at radius 3 is 2.59 bits per heavy atom. The van der Waals surface area contributed by atoms with Crippen molar-refractivity contribution < 1.29 is 9.66 Å². The number of aromatic nitrogens is 1. The second-order valence-electron chi connectivity index (χ2n) is 3.25. The zero-order valence-electron chi connectivity index (χ0n) is 8.74. The largest absolute Gasteiger partial charge is 0.437 e. The normalized spacial score (nSPS) is 9.88. The van der Waals surface area contributed by atoms with E-state index in [-0.39, 0.29) is 11.6 Å². The summed E-state index contributed by atoms with van der Waals surface area (Å²) >= 11 is 0. The third-order valence-corrected chi connectivity index (χ3v) is 2.07. The van der Waals surface area contributed by atoms with Gasteiger partial charge in [0.1, 0.15) is 6.20 Å². The first-order valence-corrected chi connectivity index (χ1v) is 4.79. The van der Waals surface area contributed by atoms with Crippen LogP contribution in [-0.4, -0.2) is 9.91 Å². The molecule has 86 valence electrons. The molecule has 2 N–H and O–H groups in total. The molecular weight excluding hydrogens is 222 g/mol. The van der Waals surface area contributed by atoms with E-state index >= 15 is 0 Å². The number of nitrogens with two attached hydrogens (primary N) is 1. The second-order valence-corrected chi connectivity index (χ2v) is 3.25. The number of para-hydroxylation sites is 2. The first kappa shape index (κ1) is 10.9. The molecular formula is C11H9N3O3. The maximum Gasteiger partial charge on any atom is 0.287 e. The van der Waals surface area contributed by atoms with Crippen molar-refractivity contribution in [3.05, 3.63) is 52.7 Å². The lowest BCUT2D eigenvalue weighted by atomic mass is 10.3. The molecule has 6 nitrogen and oxygen atoms in total. The number of anilines is 1. The number of pyridine rings is 1. The third kappa shape index (κ3) is 2.49. The molecule has 0 aliphatic carbocycles. The minimum Gasteiger partial charge on any atom is -0.437 e. The Labute approximate surface area is 96.8 Å². The molecule has 0 saturated carbocycles. The van der Waals surface area contributed by atoms with Gasteiger partial charge < -0.3 is 10.5 Å². The standard InChI is InChI=1S/C11H9N3O3/c12-9-3-1-2-4-10(9)17-11-6-5-8(7-13-11)14(15)16/h1-7H,12H2. The van der Waals surface area contributed by atoms with Crippen LogP contribution in [0.4, 0.5) is 11.4 Å². The van der Waals surface area contributed by atoms with E-state index < -0.39 is 4.92 Å². The van der Waals surface area contributed by atoms with Crippen LogP contribution < -0.4 is 10.5 Å². The van der Waals surface area contributed by atoms with Gasteiger partial charge in [-0.3, -0.25) is 10.1 Å². The molecule has 0 aliphatic rings. The molecule has 1 aromatic carbocycles. The Kier molecular flexibility index (Phi) is 2.87. The zero-order chi connectivity index (χ0) is 12.3. The number of benzene rings is 1. The molecule has 0 spiro atoms. The van der Waals surface area contributed by atoms with Crippen molar-refractivity contribution in [3.63, 3.8) is 0 Å². The van der Waals surface area contributed by atoms with Crippen LogP contribution in [0.1, 0.15) is 0 Å². The molecule has 0 radical (unpaired) electrons. The average molecular weight is 231 g/mol. The number of nitro groups is 1. The van der Waals surface area contributed by atoms with Crippen molar-refractivity contribution in [1.82, 2.24) is 4.98 Å². The number of nitrogen functional groups attached to an aromatic ring is 1. The van der Waals surface area contributed by atoms with Gasteiger partial charge >= 0.3 is 0 Å². The van der Waals surface area contributed by atoms with Crippen molar-refractivity contribution in [2.24, 2.45) is 0 Å². The topological polar surface area (TPSA) is 91.3 Å². The summed E-state index contributed by atoms with van der Waals surface area (Å²) in [6, 6.07) is 9.69. The first-order chi connectivity index (χ1) is 8.16. The fourth-order valence-electron chi connectivity index (χ4n) is 1.23. The van der Waals surface area contributed by atoms with Crippen molar-refractivity contribution in [1.29, 1.82) is 0 Å². The molecule has 1 heterocycles. The molecule has 0 fully saturated rings. The Hall–Kier alpha value is -2.63. The smallest absolute Gasteiger partial charge is 0.287 e. The van der Waals surface area contributed by atoms with Crippen LogP contribution in [0, 0.1) is 10.1 Å². The van der Waals surface area contributed by atoms with E-state index in [1.807, 2.05) is 0 Å². The molecule has 0 aliphatic heterocycles. The van der Waals surface area contributed by atoms with E-state index in [0.29, 0.717) is 11.4 Å². The van der Waals surface area contributed by atoms with Gasteiger partial charge in [0, 0.05) is 12.1 Å². The van der Waals surface area contributed by atoms with Crippen molar-refractivity contribution in [2.45, 2.75) is 0 Å². The number of hydrogen-bond acceptors (Lipinski definition) is 5. The SMILES string of the molecule is Nc1ccccc1Oc1ccc([N+](=O)[O-])cn1. The van der Waals surface area contributed by atoms with Gasteiger partial charge in [0.05, 0.1) is 10.6 Å². The summed E-state index contributed by atoms with van der Waals surface area (Å²) in [5.74, 6) is 0.724. The van der Waals surface area contributed by atoms with Crippen molar-refractivity contribution in [2.75, 3.05) is 5.73 Å². The highest BCUT2D eigenvalue weighted by Gasteiger charge is 2.07. The number of nitrogens with zero attached hydrogens (tertiary/aromatic N) is 2. The van der Waals surface area contributed by atoms with E-state index in [1.165, 1.54) is 12.1 Å². The number of ether oxygens (including phenoxy) is 1. The van der Waals surface area contributed by atoms with E-state index in [2.05, 4.69) is 4.98 Å². The summed E-state index contributed by atoms with van der Waals surface area (Å²) in [5.41, 5.74) is 6.08. The van der Waals surface area contributed by atoms with Gasteiger partial charge in [0.15, 0.2) is 5.75 Å². The van der Waals surface area contributed by atoms with Crippen LogP contribution >= 0.6 is 0 Å². The summed E-state index contributed by atoms with van der Waals surface area (Å²) in [5, 5.41) is 10.4. The molecule has 0 unspecified atom stereocenters. The van der Waals surface area contributed by atoms with E-state index in [0.717, 1.165) is 6.20 Å². The van der Waals surface area contributed by atoms with Gasteiger partial charge in [0.25, 0.3) is 5.69 Å². The van der Waals surface area contributed by atoms with E-state index in [1.54, 1.807) is 24.3 Å². The summed E-state index contributed by atoms with van der Waals surface area (Å²) in [6.07, 6.45) is 1.13. The Balaban J connectivity index is 2.20. The minimum atomic E-state index is -0.520. The van der Waals surface area contributed by atoms with Crippen molar-refractivity contribution in [3.8, 4) is 11.6 Å². The number of hydrogen-bond donors (Lipinski definition) is 1. The molecule has 0 bridgehead atoms. The van der Waals surface area contributed by atoms with Crippen molar-refractivity contribution >= 4 is 11.4 Å². The Morgan fingerprint density at radius 1 is 1.24 bits per heavy atom. The molecule has 6 heteroatoms. The van der Waals surface area contributed by atoms with Crippen LogP contribution in [0.25, 0.3) is 0 Å². The maximum atomic E-state index is 10.4. The summed E-state index contributed by atoms with van der Waals surface area (Å²) in [7, 11) is 0. The molecule has 0 atom stereocenters. The lowest BCUT2D eigenvalue weighted by molar-refractivity contribution is -0.385. The highest BCUT2D eigenvalue weighted by atomic mass is 16.6. The minimum absolute atomic E-state index is 0.0848. The van der Waals surface area contributed by atoms with Crippen LogP contribution in [0.2, 0.25) is 0 Å². The molecule has 1 aromatic heterocycles. The monoisotopic (exact) mass is 231 g/mol. The summed E-state index contributed by atoms with van der Waals surface area (Å²) < 4.78 is 5.39. The predicted molar refractivity (Wildman–Crippen MR) is 61.8 cm³/mol. The lowest BCUT2D eigenvalue weighted by Gasteiger charge is -2.06. The quantitative estimate of drug-likeness (QED) is 0.497. The molecule has 17 heavy (non-hydrogen) atoms. The third-order valence-electron chi connectivity index (χ3n) is 2.07. The fraction of sp³-hybridized carbons (Fsp3) is 0. The van der Waals surface area contributed by atoms with Gasteiger partial charge in [-0.15, -0.1) is 0 Å². The van der Waals surface area contributed by atoms with E-state index in [4.69, 9.17) is 10.5 Å². The Morgan fingerprint density at radius 2 is 2.00 bits per heavy atom. The van der Waals surface area contributed by atoms with Crippen LogP contribution in [-0.2, 0) is 0 Å². The molecule has 0 amide bonds. The van der Waals surface area contributed by atoms with Gasteiger partial charge in [-0.2, -0.15) is 0 Å². The zero-order valence-corrected chi connectivity index (χ0v) is 8.74. The predicted octanol–water partition coefficient (Wildman–Crippen LogP) is 2.36. The highest BCUT2D eigenvalue weighted by Crippen LogP contribution is 2.26. The van der Waals surface area contributed by atoms with Gasteiger partial charge in [-0.1, -0.05) is 12.1 Å². The second kappa shape index (κ2) is 4.48. The Bertz CT molecular complexity index is 540. The summed E-state index contributed by atoms with van der Waals surface area (Å²) in [6.45, 7) is 0. The maximum absolute atomic E-state index is 10.4. The molecule has 2 rings (SSSR count). The van der Waals surface area contributed by atoms with Gasteiger partial charge in [-0.05, 0) is 12.1 Å². The fourth-order valence-corrected chi connectivity index (χ4v) is 1.23. The molecule has 0 saturated heterocycles. The highest BCUT2D eigenvalue weighted by molar-refractivity contribution is 5.53. The number of rotatable bonds is 3. The van der Waals surface area contributed by atoms with E-state index in [9.17, 15) is 10.1 Å². The average Bonchev–Trinajstić information content (AvgIpc) is 2.33. The first-order valence-electron chi connectivity index (χ1n) is 4.79. The van der Waals surface area contributed by atoms with Crippen LogP contribution in [0.5, 0.6) is 11.6 Å². The summed E-state index contributed by atoms with van der Waals surface area (Å²) in [4.78, 5) is 13.7. The van der Waals surface area contributed by atoms with Crippen LogP contribution in [0.3, 0.4) is 0 Å². The lowest BCUT2D eigenvalue weighted by Crippen LogP contribution is -1.94. The van der Waals surface area contributed by atoms with Crippen LogP contribution in [0.15, 0.2) is 42.6 Å². The van der Waals surface area contributed by atoms with Gasteiger partial charge in [0.2, 0.25) is 5.88 Å². The van der Waals surface area contributed by atoms with Gasteiger partial charge in [-0.25, -0.2) is 4.98 Å². The molecule has 2 aromatic rings.